The first-order valence-corrected chi connectivity index (χ1v) is 8.90. The first-order chi connectivity index (χ1) is 9.91. The molecule has 0 aromatic heterocycles. The van der Waals surface area contributed by atoms with E-state index in [0.29, 0.717) is 32.0 Å². The average molecular weight is 377 g/mol. The van der Waals surface area contributed by atoms with E-state index in [-0.39, 0.29) is 15.6 Å². The van der Waals surface area contributed by atoms with Gasteiger partial charge in [0.15, 0.2) is 0 Å². The summed E-state index contributed by atoms with van der Waals surface area (Å²) < 4.78 is 31.6. The molecule has 2 rings (SSSR count). The Morgan fingerprint density at radius 2 is 2.05 bits per heavy atom. The molecule has 1 amide bonds. The molecule has 1 aliphatic heterocycles. The predicted molar refractivity (Wildman–Crippen MR) is 83.0 cm³/mol. The maximum absolute atomic E-state index is 12.5. The number of benzene rings is 1. The maximum Gasteiger partial charge on any atom is 0.243 e. The van der Waals surface area contributed by atoms with Crippen LogP contribution in [0.1, 0.15) is 6.92 Å². The van der Waals surface area contributed by atoms with E-state index in [0.717, 1.165) is 0 Å². The smallest absolute Gasteiger partial charge is 0.243 e. The molecule has 0 spiro atoms. The number of rotatable bonds is 4. The molecule has 6 nitrogen and oxygen atoms in total. The highest BCUT2D eigenvalue weighted by Crippen LogP contribution is 2.21. The summed E-state index contributed by atoms with van der Waals surface area (Å²) in [6.45, 7) is 3.19. The minimum Gasteiger partial charge on any atom is -0.379 e. The largest absolute Gasteiger partial charge is 0.379 e. The van der Waals surface area contributed by atoms with Crippen molar-refractivity contribution in [3.63, 3.8) is 0 Å². The highest BCUT2D eigenvalue weighted by Gasteiger charge is 2.26. The van der Waals surface area contributed by atoms with Gasteiger partial charge in [0, 0.05) is 18.8 Å². The van der Waals surface area contributed by atoms with E-state index in [4.69, 9.17) is 4.74 Å². The first-order valence-electron chi connectivity index (χ1n) is 6.54. The van der Waals surface area contributed by atoms with Crippen LogP contribution in [0.25, 0.3) is 0 Å². The van der Waals surface area contributed by atoms with Gasteiger partial charge >= 0.3 is 0 Å². The van der Waals surface area contributed by atoms with Gasteiger partial charge < -0.3 is 10.1 Å². The van der Waals surface area contributed by atoms with Gasteiger partial charge in [-0.1, -0.05) is 22.0 Å². The number of amides is 1. The standard InChI is InChI=1S/C13H17BrN2O4S/c1-10(14)13(17)15-11-3-2-4-12(9-11)21(18,19)16-5-7-20-8-6-16/h2-4,9-10H,5-8H2,1H3,(H,15,17). The molecule has 1 N–H and O–H groups in total. The van der Waals surface area contributed by atoms with Gasteiger partial charge in [-0.05, 0) is 25.1 Å². The molecule has 8 heteroatoms. The van der Waals surface area contributed by atoms with E-state index in [9.17, 15) is 13.2 Å². The number of hydrogen-bond donors (Lipinski definition) is 1. The molecule has 1 unspecified atom stereocenters. The number of sulfonamides is 1. The van der Waals surface area contributed by atoms with Crippen LogP contribution in [0.5, 0.6) is 0 Å². The Labute approximate surface area is 132 Å². The number of carbonyl (C=O) groups is 1. The molecule has 0 radical (unpaired) electrons. The van der Waals surface area contributed by atoms with Crippen LogP contribution in [0.2, 0.25) is 0 Å². The van der Waals surface area contributed by atoms with Gasteiger partial charge in [0.2, 0.25) is 15.9 Å². The van der Waals surface area contributed by atoms with Crippen LogP contribution in [0, 0.1) is 0 Å². The quantitative estimate of drug-likeness (QED) is 0.806. The lowest BCUT2D eigenvalue weighted by molar-refractivity contribution is -0.115. The predicted octanol–water partition coefficient (Wildman–Crippen LogP) is 1.43. The molecule has 1 saturated heterocycles. The zero-order valence-corrected chi connectivity index (χ0v) is 14.0. The number of hydrogen-bond acceptors (Lipinski definition) is 4. The summed E-state index contributed by atoms with van der Waals surface area (Å²) in [6.07, 6.45) is 0. The highest BCUT2D eigenvalue weighted by atomic mass is 79.9. The molecule has 1 fully saturated rings. The van der Waals surface area contributed by atoms with E-state index in [2.05, 4.69) is 21.2 Å². The number of ether oxygens (including phenoxy) is 1. The zero-order chi connectivity index (χ0) is 15.5. The third-order valence-electron chi connectivity index (χ3n) is 3.07. The average Bonchev–Trinajstić information content (AvgIpc) is 2.48. The molecule has 1 aromatic rings. The summed E-state index contributed by atoms with van der Waals surface area (Å²) >= 11 is 3.17. The Morgan fingerprint density at radius 1 is 1.38 bits per heavy atom. The third kappa shape index (κ3) is 4.03. The minimum absolute atomic E-state index is 0.171. The number of alkyl halides is 1. The molecule has 1 aromatic carbocycles. The van der Waals surface area contributed by atoms with Crippen LogP contribution in [0.15, 0.2) is 29.2 Å². The molecule has 0 saturated carbocycles. The van der Waals surface area contributed by atoms with Gasteiger partial charge in [-0.15, -0.1) is 0 Å². The summed E-state index contributed by atoms with van der Waals surface area (Å²) in [6, 6.07) is 6.27. The molecule has 0 aliphatic carbocycles. The lowest BCUT2D eigenvalue weighted by Crippen LogP contribution is -2.40. The second-order valence-electron chi connectivity index (χ2n) is 4.65. The van der Waals surface area contributed by atoms with Crippen LogP contribution in [-0.2, 0) is 19.6 Å². The lowest BCUT2D eigenvalue weighted by atomic mass is 10.3. The number of nitrogens with one attached hydrogen (secondary N) is 1. The molecular weight excluding hydrogens is 360 g/mol. The fourth-order valence-corrected chi connectivity index (χ4v) is 3.48. The Hall–Kier alpha value is -0.960. The van der Waals surface area contributed by atoms with Crippen molar-refractivity contribution in [1.29, 1.82) is 0 Å². The van der Waals surface area contributed by atoms with Crippen molar-refractivity contribution in [2.75, 3.05) is 31.6 Å². The van der Waals surface area contributed by atoms with E-state index in [1.807, 2.05) is 0 Å². The van der Waals surface area contributed by atoms with E-state index in [1.165, 1.54) is 16.4 Å². The van der Waals surface area contributed by atoms with Crippen LogP contribution >= 0.6 is 15.9 Å². The van der Waals surface area contributed by atoms with Crippen LogP contribution in [0.3, 0.4) is 0 Å². The van der Waals surface area contributed by atoms with Crippen molar-refractivity contribution in [2.24, 2.45) is 0 Å². The summed E-state index contributed by atoms with van der Waals surface area (Å²) in [7, 11) is -3.55. The van der Waals surface area contributed by atoms with Crippen molar-refractivity contribution >= 4 is 37.5 Å². The van der Waals surface area contributed by atoms with Crippen LogP contribution in [-0.4, -0.2) is 49.8 Å². The lowest BCUT2D eigenvalue weighted by Gasteiger charge is -2.26. The minimum atomic E-state index is -3.55. The van der Waals surface area contributed by atoms with Crippen LogP contribution in [0.4, 0.5) is 5.69 Å². The fourth-order valence-electron chi connectivity index (χ4n) is 1.91. The van der Waals surface area contributed by atoms with E-state index in [1.54, 1.807) is 19.1 Å². The van der Waals surface area contributed by atoms with Crippen molar-refractivity contribution in [3.05, 3.63) is 24.3 Å². The molecule has 116 valence electrons. The second-order valence-corrected chi connectivity index (χ2v) is 7.96. The molecule has 0 bridgehead atoms. The number of halogens is 1. The molecule has 21 heavy (non-hydrogen) atoms. The monoisotopic (exact) mass is 376 g/mol. The van der Waals surface area contributed by atoms with Crippen molar-refractivity contribution in [1.82, 2.24) is 4.31 Å². The van der Waals surface area contributed by atoms with Gasteiger partial charge in [0.25, 0.3) is 0 Å². The van der Waals surface area contributed by atoms with Gasteiger partial charge in [-0.2, -0.15) is 4.31 Å². The van der Waals surface area contributed by atoms with Crippen molar-refractivity contribution < 1.29 is 17.9 Å². The van der Waals surface area contributed by atoms with Gasteiger partial charge in [-0.3, -0.25) is 4.79 Å². The number of carbonyl (C=O) groups excluding carboxylic acids is 1. The third-order valence-corrected chi connectivity index (χ3v) is 5.38. The van der Waals surface area contributed by atoms with Crippen molar-refractivity contribution in [3.8, 4) is 0 Å². The van der Waals surface area contributed by atoms with Gasteiger partial charge in [0.1, 0.15) is 0 Å². The number of nitrogens with zero attached hydrogens (tertiary/aromatic N) is 1. The number of anilines is 1. The molecule has 1 heterocycles. The summed E-state index contributed by atoms with van der Waals surface area (Å²) in [4.78, 5) is 11.5. The normalized spacial score (nSPS) is 18.2. The maximum atomic E-state index is 12.5. The van der Waals surface area contributed by atoms with Gasteiger partial charge in [-0.25, -0.2) is 8.42 Å². The Bertz CT molecular complexity index is 612. The Morgan fingerprint density at radius 3 is 2.67 bits per heavy atom. The van der Waals surface area contributed by atoms with Crippen LogP contribution < -0.4 is 5.32 Å². The molecule has 1 atom stereocenters. The topological polar surface area (TPSA) is 75.7 Å². The fraction of sp³-hybridized carbons (Fsp3) is 0.462. The second kappa shape index (κ2) is 6.87. The summed E-state index contributed by atoms with van der Waals surface area (Å²) in [5.41, 5.74) is 0.459. The zero-order valence-electron chi connectivity index (χ0n) is 11.6. The van der Waals surface area contributed by atoms with E-state index >= 15 is 0 Å². The first kappa shape index (κ1) is 16.4. The van der Waals surface area contributed by atoms with Gasteiger partial charge in [0.05, 0.1) is 22.9 Å². The SMILES string of the molecule is CC(Br)C(=O)Nc1cccc(S(=O)(=O)N2CCOCC2)c1. The highest BCUT2D eigenvalue weighted by molar-refractivity contribution is 9.10. The van der Waals surface area contributed by atoms with E-state index < -0.39 is 10.0 Å². The number of morpholine rings is 1. The Balaban J connectivity index is 2.21. The summed E-state index contributed by atoms with van der Waals surface area (Å²) in [5, 5.41) is 2.66. The molecule has 1 aliphatic rings. The summed E-state index contributed by atoms with van der Waals surface area (Å²) in [5.74, 6) is -0.226. The molecular formula is C13H17BrN2O4S. The van der Waals surface area contributed by atoms with Crippen molar-refractivity contribution in [2.45, 2.75) is 16.6 Å². The Kier molecular flexibility index (Phi) is 5.37.